The Hall–Kier alpha value is -6.04. The van der Waals surface area contributed by atoms with Crippen LogP contribution in [-0.4, -0.2) is 4.98 Å². The van der Waals surface area contributed by atoms with Gasteiger partial charge in [0.1, 0.15) is 22.0 Å². The van der Waals surface area contributed by atoms with E-state index in [9.17, 15) is 4.39 Å². The van der Waals surface area contributed by atoms with E-state index in [4.69, 9.17) is 9.40 Å². The van der Waals surface area contributed by atoms with Gasteiger partial charge in [-0.15, -0.1) is 11.3 Å². The highest BCUT2D eigenvalue weighted by molar-refractivity contribution is 7.19. The molecule has 0 aliphatic heterocycles. The molecular formula is C43H23FN2OS. The largest absolute Gasteiger partial charge is 0.456 e. The van der Waals surface area contributed by atoms with Crippen LogP contribution in [0.5, 0.6) is 0 Å². The molecule has 224 valence electrons. The molecule has 0 atom stereocenters. The fraction of sp³-hybridized carbons (Fsp3) is 0. The van der Waals surface area contributed by atoms with Gasteiger partial charge >= 0.3 is 0 Å². The molecule has 0 bridgehead atoms. The van der Waals surface area contributed by atoms with Crippen LogP contribution in [0.15, 0.2) is 144 Å². The number of benzene rings is 8. The molecule has 5 heteroatoms. The van der Waals surface area contributed by atoms with Gasteiger partial charge in [0, 0.05) is 49.9 Å². The fourth-order valence-electron chi connectivity index (χ4n) is 7.68. The molecule has 1 aliphatic carbocycles. The number of nitrogens with zero attached hydrogens (tertiary/aromatic N) is 2. The van der Waals surface area contributed by atoms with Crippen molar-refractivity contribution < 1.29 is 8.81 Å². The zero-order valence-corrected chi connectivity index (χ0v) is 26.2. The van der Waals surface area contributed by atoms with Crippen molar-refractivity contribution in [3.8, 4) is 32.3 Å². The number of rotatable bonds is 4. The lowest BCUT2D eigenvalue weighted by Crippen LogP contribution is -2.09. The van der Waals surface area contributed by atoms with E-state index in [0.29, 0.717) is 0 Å². The maximum atomic E-state index is 14.0. The number of para-hydroxylation sites is 1. The van der Waals surface area contributed by atoms with E-state index in [0.717, 1.165) is 55.3 Å². The third-order valence-corrected chi connectivity index (χ3v) is 11.0. The molecule has 0 saturated carbocycles. The molecule has 2 aromatic heterocycles. The Bertz CT molecular complexity index is 2900. The first-order valence-electron chi connectivity index (χ1n) is 16.0. The van der Waals surface area contributed by atoms with Crippen LogP contribution in [0.3, 0.4) is 0 Å². The summed E-state index contributed by atoms with van der Waals surface area (Å²) in [5.41, 5.74) is 9.12. The number of halogens is 1. The lowest BCUT2D eigenvalue weighted by Gasteiger charge is -2.25. The summed E-state index contributed by atoms with van der Waals surface area (Å²) >= 11 is 1.76. The fourth-order valence-corrected chi connectivity index (χ4v) is 8.79. The van der Waals surface area contributed by atoms with Crippen molar-refractivity contribution in [1.82, 2.24) is 4.98 Å². The van der Waals surface area contributed by atoms with Crippen molar-refractivity contribution in [2.24, 2.45) is 0 Å². The van der Waals surface area contributed by atoms with Crippen molar-refractivity contribution in [3.63, 3.8) is 0 Å². The van der Waals surface area contributed by atoms with E-state index in [2.05, 4.69) is 95.9 Å². The molecular weight excluding hydrogens is 612 g/mol. The van der Waals surface area contributed by atoms with E-state index in [-0.39, 0.29) is 5.82 Å². The Morgan fingerprint density at radius 1 is 0.542 bits per heavy atom. The standard InChI is InChI=1S/C43H23FN2OS/c44-28-13-17-30(18-14-28)46(31-19-21-37-34(23-31)32-6-1-2-7-36(32)47-37)29-15-10-26(11-16-29)43-45-41-33-20-12-25-9-8-24-4-3-5-27-22-35(42(41)48-43)40(33)39(25)38(24)27/h1-23H. The molecule has 48 heavy (non-hydrogen) atoms. The first-order chi connectivity index (χ1) is 23.7. The van der Waals surface area contributed by atoms with Gasteiger partial charge in [-0.2, -0.15) is 0 Å². The van der Waals surface area contributed by atoms with Gasteiger partial charge in [-0.3, -0.25) is 0 Å². The minimum absolute atomic E-state index is 0.266. The zero-order chi connectivity index (χ0) is 31.5. The molecule has 0 spiro atoms. The molecule has 0 radical (unpaired) electrons. The molecule has 2 heterocycles. The van der Waals surface area contributed by atoms with Gasteiger partial charge in [0.15, 0.2) is 0 Å². The van der Waals surface area contributed by atoms with Crippen LogP contribution in [-0.2, 0) is 0 Å². The first-order valence-corrected chi connectivity index (χ1v) is 16.8. The molecule has 0 amide bonds. The predicted molar refractivity (Wildman–Crippen MR) is 198 cm³/mol. The Kier molecular flexibility index (Phi) is 5.16. The Morgan fingerprint density at radius 3 is 2.10 bits per heavy atom. The minimum atomic E-state index is -0.266. The number of anilines is 3. The molecule has 0 N–H and O–H groups in total. The van der Waals surface area contributed by atoms with E-state index < -0.39 is 0 Å². The molecule has 1 aliphatic rings. The SMILES string of the molecule is Fc1ccc(N(c2ccc(-c3nc4c(s3)-c3cc5cccc6ccc7ccc-4c3c7c65)cc2)c2ccc3oc4ccccc4c3c2)cc1. The van der Waals surface area contributed by atoms with Gasteiger partial charge in [0.2, 0.25) is 0 Å². The molecule has 11 rings (SSSR count). The van der Waals surface area contributed by atoms with E-state index in [1.807, 2.05) is 36.4 Å². The second-order valence-corrected chi connectivity index (χ2v) is 13.5. The topological polar surface area (TPSA) is 29.3 Å². The van der Waals surface area contributed by atoms with Gasteiger partial charge in [-0.25, -0.2) is 9.37 Å². The lowest BCUT2D eigenvalue weighted by molar-refractivity contribution is 0.628. The summed E-state index contributed by atoms with van der Waals surface area (Å²) < 4.78 is 20.1. The van der Waals surface area contributed by atoms with Crippen LogP contribution in [0.1, 0.15) is 0 Å². The maximum absolute atomic E-state index is 14.0. The summed E-state index contributed by atoms with van der Waals surface area (Å²) in [6.07, 6.45) is 0. The summed E-state index contributed by atoms with van der Waals surface area (Å²) in [6, 6.07) is 47.3. The second-order valence-electron chi connectivity index (χ2n) is 12.5. The number of furan rings is 1. The third-order valence-electron chi connectivity index (χ3n) is 9.83. The first kappa shape index (κ1) is 26.1. The van der Waals surface area contributed by atoms with Crippen LogP contribution >= 0.6 is 11.3 Å². The van der Waals surface area contributed by atoms with Crippen molar-refractivity contribution in [1.29, 1.82) is 0 Å². The maximum Gasteiger partial charge on any atom is 0.135 e. The average Bonchev–Trinajstić information content (AvgIpc) is 3.81. The molecule has 0 fully saturated rings. The summed E-state index contributed by atoms with van der Waals surface area (Å²) in [6.45, 7) is 0. The average molecular weight is 635 g/mol. The van der Waals surface area contributed by atoms with Crippen LogP contribution in [0, 0.1) is 5.82 Å². The number of hydrogen-bond donors (Lipinski definition) is 0. The Morgan fingerprint density at radius 2 is 1.25 bits per heavy atom. The van der Waals surface area contributed by atoms with E-state index >= 15 is 0 Å². The summed E-state index contributed by atoms with van der Waals surface area (Å²) in [4.78, 5) is 8.64. The van der Waals surface area contributed by atoms with Crippen molar-refractivity contribution in [2.45, 2.75) is 0 Å². The monoisotopic (exact) mass is 634 g/mol. The van der Waals surface area contributed by atoms with Crippen LogP contribution < -0.4 is 4.90 Å². The van der Waals surface area contributed by atoms with Crippen LogP contribution in [0.4, 0.5) is 21.5 Å². The van der Waals surface area contributed by atoms with Crippen LogP contribution in [0.25, 0.3) is 86.5 Å². The van der Waals surface area contributed by atoms with Crippen molar-refractivity contribution in [2.75, 3.05) is 4.90 Å². The second kappa shape index (κ2) is 9.50. The van der Waals surface area contributed by atoms with E-state index in [1.165, 1.54) is 60.5 Å². The lowest BCUT2D eigenvalue weighted by atomic mass is 9.91. The third kappa shape index (κ3) is 3.59. The summed E-state index contributed by atoms with van der Waals surface area (Å²) in [5.74, 6) is -0.266. The highest BCUT2D eigenvalue weighted by Crippen LogP contribution is 2.54. The van der Waals surface area contributed by atoms with Crippen LogP contribution in [0.2, 0.25) is 0 Å². The number of hydrogen-bond acceptors (Lipinski definition) is 4. The number of thiazole rings is 1. The molecule has 8 aromatic carbocycles. The number of fused-ring (bicyclic) bond motifs is 6. The number of aromatic nitrogens is 1. The molecule has 0 saturated heterocycles. The summed E-state index contributed by atoms with van der Waals surface area (Å²) in [7, 11) is 0. The highest BCUT2D eigenvalue weighted by Gasteiger charge is 2.28. The quantitative estimate of drug-likeness (QED) is 0.180. The minimum Gasteiger partial charge on any atom is -0.456 e. The molecule has 3 nitrogen and oxygen atoms in total. The van der Waals surface area contributed by atoms with Gasteiger partial charge < -0.3 is 9.32 Å². The van der Waals surface area contributed by atoms with Gasteiger partial charge in [-0.05, 0) is 106 Å². The van der Waals surface area contributed by atoms with Gasteiger partial charge in [-0.1, -0.05) is 60.7 Å². The summed E-state index contributed by atoms with van der Waals surface area (Å²) in [5, 5.41) is 10.9. The Labute approximate surface area is 278 Å². The van der Waals surface area contributed by atoms with Crippen molar-refractivity contribution in [3.05, 3.63) is 145 Å². The molecule has 10 aromatic rings. The molecule has 0 unspecified atom stereocenters. The van der Waals surface area contributed by atoms with Gasteiger partial charge in [0.05, 0.1) is 10.6 Å². The van der Waals surface area contributed by atoms with Crippen molar-refractivity contribution >= 4 is 82.7 Å². The van der Waals surface area contributed by atoms with E-state index in [1.54, 1.807) is 11.3 Å². The Balaban J connectivity index is 1.02. The normalized spacial score (nSPS) is 12.3. The van der Waals surface area contributed by atoms with Gasteiger partial charge in [0.25, 0.3) is 0 Å². The smallest absolute Gasteiger partial charge is 0.135 e. The highest BCUT2D eigenvalue weighted by atomic mass is 32.1. The zero-order valence-electron chi connectivity index (χ0n) is 25.4. The predicted octanol–water partition coefficient (Wildman–Crippen LogP) is 12.9.